The molecule has 1 saturated heterocycles. The molecule has 1 aromatic rings. The largest absolute Gasteiger partial charge is 0.454 e. The molecule has 1 amide bonds. The van der Waals surface area contributed by atoms with Crippen LogP contribution >= 0.6 is 0 Å². The molecule has 144 valence electrons. The first-order valence-electron chi connectivity index (χ1n) is 8.53. The third-order valence-electron chi connectivity index (χ3n) is 4.85. The lowest BCUT2D eigenvalue weighted by atomic mass is 10.1. The Morgan fingerprint density at radius 3 is 2.52 bits per heavy atom. The number of piperazine rings is 1. The maximum Gasteiger partial charge on any atom is 0.345 e. The molecule has 0 aromatic heterocycles. The standard InChI is InChI=1S/C17H20N4O5S/c1-19-5-7-21(8-6-19)17(22)14-10-13(18-27(23,24)20(14)2)12-3-4-15-16(9-12)26-11-25-15/h3-4,9-10H,5-8,11H2,1-2H3. The van der Waals surface area contributed by atoms with E-state index in [0.29, 0.717) is 30.2 Å². The molecule has 9 nitrogen and oxygen atoms in total. The highest BCUT2D eigenvalue weighted by Crippen LogP contribution is 2.33. The van der Waals surface area contributed by atoms with Crippen molar-refractivity contribution in [2.24, 2.45) is 4.40 Å². The van der Waals surface area contributed by atoms with Gasteiger partial charge in [-0.1, -0.05) is 0 Å². The minimum absolute atomic E-state index is 0.0854. The summed E-state index contributed by atoms with van der Waals surface area (Å²) in [7, 11) is -0.662. The molecule has 0 saturated carbocycles. The fourth-order valence-corrected chi connectivity index (χ4v) is 4.02. The maximum atomic E-state index is 13.0. The van der Waals surface area contributed by atoms with Gasteiger partial charge in [-0.3, -0.25) is 4.79 Å². The van der Waals surface area contributed by atoms with E-state index >= 15 is 0 Å². The number of rotatable bonds is 2. The molecule has 0 N–H and O–H groups in total. The molecule has 10 heteroatoms. The maximum absolute atomic E-state index is 13.0. The van der Waals surface area contributed by atoms with Gasteiger partial charge in [0.25, 0.3) is 5.91 Å². The number of hydrogen-bond donors (Lipinski definition) is 0. The van der Waals surface area contributed by atoms with Crippen molar-refractivity contribution in [3.05, 3.63) is 35.5 Å². The molecule has 27 heavy (non-hydrogen) atoms. The van der Waals surface area contributed by atoms with Crippen LogP contribution in [0, 0.1) is 0 Å². The molecule has 1 aromatic carbocycles. The van der Waals surface area contributed by atoms with E-state index in [1.807, 2.05) is 7.05 Å². The average Bonchev–Trinajstić information content (AvgIpc) is 3.11. The fourth-order valence-electron chi connectivity index (χ4n) is 3.12. The number of hydrogen-bond acceptors (Lipinski definition) is 6. The summed E-state index contributed by atoms with van der Waals surface area (Å²) in [6, 6.07) is 5.05. The molecule has 0 bridgehead atoms. The van der Waals surface area contributed by atoms with E-state index < -0.39 is 10.2 Å². The van der Waals surface area contributed by atoms with E-state index in [-0.39, 0.29) is 24.1 Å². The highest BCUT2D eigenvalue weighted by molar-refractivity contribution is 7.88. The zero-order chi connectivity index (χ0) is 19.2. The molecular weight excluding hydrogens is 372 g/mol. The molecule has 4 rings (SSSR count). The average molecular weight is 392 g/mol. The number of fused-ring (bicyclic) bond motifs is 1. The van der Waals surface area contributed by atoms with Gasteiger partial charge in [-0.15, -0.1) is 4.40 Å². The third-order valence-corrected chi connectivity index (χ3v) is 6.17. The predicted molar refractivity (Wildman–Crippen MR) is 97.9 cm³/mol. The van der Waals surface area contributed by atoms with Gasteiger partial charge in [0.05, 0.1) is 5.71 Å². The zero-order valence-corrected chi connectivity index (χ0v) is 15.9. The number of allylic oxidation sites excluding steroid dienone is 1. The Balaban J connectivity index is 1.69. The van der Waals surface area contributed by atoms with Crippen molar-refractivity contribution in [1.82, 2.24) is 14.1 Å². The van der Waals surface area contributed by atoms with Crippen molar-refractivity contribution in [3.63, 3.8) is 0 Å². The van der Waals surface area contributed by atoms with E-state index in [9.17, 15) is 13.2 Å². The first kappa shape index (κ1) is 17.8. The van der Waals surface area contributed by atoms with Crippen molar-refractivity contribution in [3.8, 4) is 11.5 Å². The summed E-state index contributed by atoms with van der Waals surface area (Å²) in [4.78, 5) is 16.7. The molecule has 3 aliphatic rings. The lowest BCUT2D eigenvalue weighted by molar-refractivity contribution is -0.129. The van der Waals surface area contributed by atoms with Crippen LogP contribution in [0.2, 0.25) is 0 Å². The van der Waals surface area contributed by atoms with Crippen LogP contribution in [0.4, 0.5) is 0 Å². The van der Waals surface area contributed by atoms with Crippen LogP contribution in [0.25, 0.3) is 0 Å². The van der Waals surface area contributed by atoms with Gasteiger partial charge >= 0.3 is 10.2 Å². The molecule has 0 radical (unpaired) electrons. The van der Waals surface area contributed by atoms with Crippen molar-refractivity contribution in [2.75, 3.05) is 47.1 Å². The molecule has 3 aliphatic heterocycles. The van der Waals surface area contributed by atoms with Crippen LogP contribution in [0.15, 0.2) is 34.4 Å². The summed E-state index contributed by atoms with van der Waals surface area (Å²) in [5, 5.41) is 0. The number of ether oxygens (including phenoxy) is 2. The number of carbonyl (C=O) groups is 1. The van der Waals surface area contributed by atoms with Gasteiger partial charge in [-0.2, -0.15) is 8.42 Å². The monoisotopic (exact) mass is 392 g/mol. The van der Waals surface area contributed by atoms with E-state index in [4.69, 9.17) is 9.47 Å². The molecule has 0 atom stereocenters. The summed E-state index contributed by atoms with van der Waals surface area (Å²) in [5.41, 5.74) is 0.825. The lowest BCUT2D eigenvalue weighted by Gasteiger charge is -2.34. The zero-order valence-electron chi connectivity index (χ0n) is 15.1. The van der Waals surface area contributed by atoms with Crippen molar-refractivity contribution in [2.45, 2.75) is 0 Å². The van der Waals surface area contributed by atoms with Crippen molar-refractivity contribution in [1.29, 1.82) is 0 Å². The van der Waals surface area contributed by atoms with Crippen LogP contribution in [-0.2, 0) is 15.0 Å². The summed E-state index contributed by atoms with van der Waals surface area (Å²) >= 11 is 0. The predicted octanol–water partition coefficient (Wildman–Crippen LogP) is 0.0525. The highest BCUT2D eigenvalue weighted by Gasteiger charge is 2.33. The Morgan fingerprint density at radius 2 is 1.78 bits per heavy atom. The molecule has 0 unspecified atom stereocenters. The van der Waals surface area contributed by atoms with E-state index in [0.717, 1.165) is 17.4 Å². The first-order chi connectivity index (χ1) is 12.8. The Bertz CT molecular complexity index is 948. The fraction of sp³-hybridized carbons (Fsp3) is 0.412. The molecular formula is C17H20N4O5S. The van der Waals surface area contributed by atoms with Crippen LogP contribution in [-0.4, -0.2) is 81.2 Å². The normalized spacial score (nSPS) is 21.7. The van der Waals surface area contributed by atoms with Crippen LogP contribution in [0.1, 0.15) is 5.56 Å². The lowest BCUT2D eigenvalue weighted by Crippen LogP contribution is -2.49. The Labute approximate surface area is 157 Å². The second-order valence-corrected chi connectivity index (χ2v) is 8.24. The summed E-state index contributed by atoms with van der Waals surface area (Å²) in [5.74, 6) is 0.794. The minimum atomic E-state index is -3.99. The molecule has 0 spiro atoms. The van der Waals surface area contributed by atoms with Gasteiger partial charge in [0.15, 0.2) is 11.5 Å². The topological polar surface area (TPSA) is 91.7 Å². The highest BCUT2D eigenvalue weighted by atomic mass is 32.2. The summed E-state index contributed by atoms with van der Waals surface area (Å²) in [6.45, 7) is 2.72. The SMILES string of the molecule is CN1CCN(C(=O)C2=CC(c3ccc4c(c3)OCO4)=NS(=O)(=O)N2C)CC1. The van der Waals surface area contributed by atoms with Gasteiger partial charge in [0, 0.05) is 38.8 Å². The number of amides is 1. The quantitative estimate of drug-likeness (QED) is 0.706. The Kier molecular flexibility index (Phi) is 4.31. The van der Waals surface area contributed by atoms with Gasteiger partial charge < -0.3 is 19.3 Å². The molecule has 0 aliphatic carbocycles. The van der Waals surface area contributed by atoms with E-state index in [1.165, 1.54) is 13.1 Å². The van der Waals surface area contributed by atoms with Crippen molar-refractivity contribution >= 4 is 21.8 Å². The smallest absolute Gasteiger partial charge is 0.345 e. The Hall–Kier alpha value is -2.59. The Morgan fingerprint density at radius 1 is 1.07 bits per heavy atom. The third kappa shape index (κ3) is 3.26. The number of benzene rings is 1. The number of likely N-dealkylation sites (N-methyl/N-ethyl adjacent to an activating group) is 2. The van der Waals surface area contributed by atoms with Crippen molar-refractivity contribution < 1.29 is 22.7 Å². The first-order valence-corrected chi connectivity index (χ1v) is 9.93. The van der Waals surface area contributed by atoms with Gasteiger partial charge in [0.1, 0.15) is 5.70 Å². The second-order valence-electron chi connectivity index (χ2n) is 6.61. The molecule has 3 heterocycles. The van der Waals surface area contributed by atoms with E-state index in [2.05, 4.69) is 9.30 Å². The van der Waals surface area contributed by atoms with Gasteiger partial charge in [-0.25, -0.2) is 4.31 Å². The van der Waals surface area contributed by atoms with Crippen LogP contribution < -0.4 is 9.47 Å². The summed E-state index contributed by atoms with van der Waals surface area (Å²) < 4.78 is 40.4. The van der Waals surface area contributed by atoms with Gasteiger partial charge in [-0.05, 0) is 31.3 Å². The van der Waals surface area contributed by atoms with E-state index in [1.54, 1.807) is 23.1 Å². The number of nitrogens with zero attached hydrogens (tertiary/aromatic N) is 4. The van der Waals surface area contributed by atoms with Crippen LogP contribution in [0.5, 0.6) is 11.5 Å². The van der Waals surface area contributed by atoms with Crippen LogP contribution in [0.3, 0.4) is 0 Å². The second kappa shape index (κ2) is 6.54. The van der Waals surface area contributed by atoms with Gasteiger partial charge in [0.2, 0.25) is 6.79 Å². The number of carbonyl (C=O) groups excluding carboxylic acids is 1. The summed E-state index contributed by atoms with van der Waals surface area (Å²) in [6.07, 6.45) is 1.51. The molecule has 1 fully saturated rings. The minimum Gasteiger partial charge on any atom is -0.454 e.